The molecule has 7 nitrogen and oxygen atoms in total. The first kappa shape index (κ1) is 23.8. The standard InChI is InChI=1S/C27H32N2O5/c1-17(2)24(25(32)28-16-27(12-7-13-27)14-23(30)31)29-26(33)34-15-22-20-10-5-3-8-18(20)19-9-4-6-11-21(19)22/h3-6,8-11,17,22,24H,7,12-16H2,1-2H3,(H,28,32)(H,29,33)(H,30,31)/t24-/m1/s1. The lowest BCUT2D eigenvalue weighted by molar-refractivity contribution is -0.142. The van der Waals surface area contributed by atoms with Crippen molar-refractivity contribution in [1.82, 2.24) is 10.6 Å². The Morgan fingerprint density at radius 2 is 1.62 bits per heavy atom. The maximum Gasteiger partial charge on any atom is 0.407 e. The molecule has 7 heteroatoms. The number of nitrogens with one attached hydrogen (secondary N) is 2. The third-order valence-corrected chi connectivity index (χ3v) is 7.14. The van der Waals surface area contributed by atoms with Crippen LogP contribution in [0.2, 0.25) is 0 Å². The average Bonchev–Trinajstić information content (AvgIpc) is 3.11. The van der Waals surface area contributed by atoms with Gasteiger partial charge in [0.25, 0.3) is 0 Å². The predicted octanol–water partition coefficient (Wildman–Crippen LogP) is 4.31. The van der Waals surface area contributed by atoms with Crippen LogP contribution in [-0.2, 0) is 14.3 Å². The summed E-state index contributed by atoms with van der Waals surface area (Å²) < 4.78 is 5.59. The summed E-state index contributed by atoms with van der Waals surface area (Å²) >= 11 is 0. The quantitative estimate of drug-likeness (QED) is 0.513. The minimum Gasteiger partial charge on any atom is -0.481 e. The number of amides is 2. The predicted molar refractivity (Wildman–Crippen MR) is 128 cm³/mol. The van der Waals surface area contributed by atoms with Gasteiger partial charge in [-0.25, -0.2) is 4.79 Å². The highest BCUT2D eigenvalue weighted by atomic mass is 16.5. The van der Waals surface area contributed by atoms with Crippen LogP contribution in [0.3, 0.4) is 0 Å². The molecule has 2 aromatic carbocycles. The van der Waals surface area contributed by atoms with E-state index in [0.29, 0.717) is 6.54 Å². The van der Waals surface area contributed by atoms with E-state index in [1.54, 1.807) is 0 Å². The number of fused-ring (bicyclic) bond motifs is 3. The van der Waals surface area contributed by atoms with Crippen LogP contribution in [0.1, 0.15) is 56.6 Å². The molecule has 2 aromatic rings. The van der Waals surface area contributed by atoms with Crippen LogP contribution >= 0.6 is 0 Å². The molecule has 4 rings (SSSR count). The van der Waals surface area contributed by atoms with E-state index in [-0.39, 0.29) is 36.2 Å². The van der Waals surface area contributed by atoms with Crippen LogP contribution in [0.5, 0.6) is 0 Å². The largest absolute Gasteiger partial charge is 0.481 e. The molecule has 2 amide bonds. The number of carboxylic acids is 1. The summed E-state index contributed by atoms with van der Waals surface area (Å²) in [6.45, 7) is 4.18. The fraction of sp³-hybridized carbons (Fsp3) is 0.444. The fourth-order valence-electron chi connectivity index (χ4n) is 5.10. The highest BCUT2D eigenvalue weighted by Crippen LogP contribution is 2.45. The van der Waals surface area contributed by atoms with Crippen molar-refractivity contribution in [2.24, 2.45) is 11.3 Å². The van der Waals surface area contributed by atoms with Gasteiger partial charge in [0.1, 0.15) is 12.6 Å². The number of ether oxygens (including phenoxy) is 1. The number of carbonyl (C=O) groups is 3. The van der Waals surface area contributed by atoms with Crippen LogP contribution in [-0.4, -0.2) is 42.3 Å². The van der Waals surface area contributed by atoms with Crippen LogP contribution in [0, 0.1) is 11.3 Å². The first-order chi connectivity index (χ1) is 16.3. The minimum absolute atomic E-state index is 0.0411. The van der Waals surface area contributed by atoms with E-state index in [1.165, 1.54) is 0 Å². The third-order valence-electron chi connectivity index (χ3n) is 7.14. The monoisotopic (exact) mass is 464 g/mol. The van der Waals surface area contributed by atoms with Crippen molar-refractivity contribution >= 4 is 18.0 Å². The number of rotatable bonds is 9. The molecule has 0 spiro atoms. The van der Waals surface area contributed by atoms with E-state index in [4.69, 9.17) is 4.74 Å². The Kier molecular flexibility index (Phi) is 6.91. The van der Waals surface area contributed by atoms with Gasteiger partial charge >= 0.3 is 12.1 Å². The van der Waals surface area contributed by atoms with Gasteiger partial charge in [-0.3, -0.25) is 9.59 Å². The zero-order chi connectivity index (χ0) is 24.3. The summed E-state index contributed by atoms with van der Waals surface area (Å²) in [6.07, 6.45) is 1.94. The Balaban J connectivity index is 1.36. The molecule has 0 aliphatic heterocycles. The van der Waals surface area contributed by atoms with Gasteiger partial charge in [-0.1, -0.05) is 68.8 Å². The smallest absolute Gasteiger partial charge is 0.407 e. The van der Waals surface area contributed by atoms with Crippen molar-refractivity contribution in [3.8, 4) is 11.1 Å². The fourth-order valence-corrected chi connectivity index (χ4v) is 5.10. The summed E-state index contributed by atoms with van der Waals surface area (Å²) in [7, 11) is 0. The first-order valence-electron chi connectivity index (χ1n) is 11.9. The van der Waals surface area contributed by atoms with Crippen LogP contribution in [0.25, 0.3) is 11.1 Å². The number of hydrogen-bond acceptors (Lipinski definition) is 4. The van der Waals surface area contributed by atoms with Gasteiger partial charge in [-0.2, -0.15) is 0 Å². The summed E-state index contributed by atoms with van der Waals surface area (Å²) in [6, 6.07) is 15.5. The molecular weight excluding hydrogens is 432 g/mol. The van der Waals surface area contributed by atoms with E-state index >= 15 is 0 Å². The minimum atomic E-state index is -0.855. The molecule has 3 N–H and O–H groups in total. The number of benzene rings is 2. The van der Waals surface area contributed by atoms with Gasteiger partial charge in [0.15, 0.2) is 0 Å². The summed E-state index contributed by atoms with van der Waals surface area (Å²) in [5.41, 5.74) is 4.17. The van der Waals surface area contributed by atoms with Crippen molar-refractivity contribution < 1.29 is 24.2 Å². The Hall–Kier alpha value is -3.35. The molecule has 1 atom stereocenters. The second kappa shape index (κ2) is 9.87. The molecule has 1 saturated carbocycles. The molecule has 34 heavy (non-hydrogen) atoms. The van der Waals surface area contributed by atoms with E-state index in [9.17, 15) is 19.5 Å². The molecule has 1 fully saturated rings. The zero-order valence-electron chi connectivity index (χ0n) is 19.7. The van der Waals surface area contributed by atoms with Crippen molar-refractivity contribution in [3.63, 3.8) is 0 Å². The van der Waals surface area contributed by atoms with Crippen molar-refractivity contribution in [1.29, 1.82) is 0 Å². The number of aliphatic carboxylic acids is 1. The molecule has 0 aromatic heterocycles. The number of hydrogen-bond donors (Lipinski definition) is 3. The Morgan fingerprint density at radius 3 is 2.12 bits per heavy atom. The molecule has 0 radical (unpaired) electrons. The van der Waals surface area contributed by atoms with Gasteiger partial charge in [-0.15, -0.1) is 0 Å². The maximum atomic E-state index is 12.9. The number of carbonyl (C=O) groups excluding carboxylic acids is 2. The molecular formula is C27H32N2O5. The molecule has 2 aliphatic rings. The van der Waals surface area contributed by atoms with Gasteiger partial charge in [0.05, 0.1) is 6.42 Å². The number of carboxylic acid groups (broad SMARTS) is 1. The normalized spacial score (nSPS) is 16.7. The summed E-state index contributed by atoms with van der Waals surface area (Å²) in [5.74, 6) is -1.39. The summed E-state index contributed by atoms with van der Waals surface area (Å²) in [5, 5.41) is 14.8. The lowest BCUT2D eigenvalue weighted by Crippen LogP contribution is -2.53. The Morgan fingerprint density at radius 1 is 1.03 bits per heavy atom. The van der Waals surface area contributed by atoms with Crippen LogP contribution < -0.4 is 10.6 Å². The molecule has 0 heterocycles. The van der Waals surface area contributed by atoms with E-state index in [0.717, 1.165) is 41.5 Å². The lowest BCUT2D eigenvalue weighted by Gasteiger charge is -2.41. The summed E-state index contributed by atoms with van der Waals surface area (Å²) in [4.78, 5) is 36.7. The molecule has 180 valence electrons. The van der Waals surface area contributed by atoms with E-state index in [1.807, 2.05) is 38.1 Å². The molecule has 0 saturated heterocycles. The second-order valence-corrected chi connectivity index (χ2v) is 9.83. The SMILES string of the molecule is CC(C)[C@@H](NC(=O)OCC1c2ccccc2-c2ccccc21)C(=O)NCC1(CC(=O)O)CCC1. The Bertz CT molecular complexity index is 1030. The van der Waals surface area contributed by atoms with Crippen molar-refractivity contribution in [3.05, 3.63) is 59.7 Å². The van der Waals surface area contributed by atoms with Crippen LogP contribution in [0.15, 0.2) is 48.5 Å². The second-order valence-electron chi connectivity index (χ2n) is 9.83. The highest BCUT2D eigenvalue weighted by Gasteiger charge is 2.40. The molecule has 2 aliphatic carbocycles. The topological polar surface area (TPSA) is 105 Å². The van der Waals surface area contributed by atoms with Crippen molar-refractivity contribution in [2.45, 2.75) is 51.5 Å². The maximum absolute atomic E-state index is 12.9. The third kappa shape index (κ3) is 4.93. The molecule has 0 unspecified atom stereocenters. The van der Waals surface area contributed by atoms with Crippen LogP contribution in [0.4, 0.5) is 4.79 Å². The first-order valence-corrected chi connectivity index (χ1v) is 11.9. The zero-order valence-corrected chi connectivity index (χ0v) is 19.7. The average molecular weight is 465 g/mol. The van der Waals surface area contributed by atoms with Gasteiger partial charge in [0.2, 0.25) is 5.91 Å². The van der Waals surface area contributed by atoms with Gasteiger partial charge < -0.3 is 20.5 Å². The van der Waals surface area contributed by atoms with Gasteiger partial charge in [0, 0.05) is 12.5 Å². The number of alkyl carbamates (subject to hydrolysis) is 1. The highest BCUT2D eigenvalue weighted by molar-refractivity contribution is 5.86. The van der Waals surface area contributed by atoms with E-state index in [2.05, 4.69) is 34.9 Å². The Labute approximate surface area is 199 Å². The molecule has 0 bridgehead atoms. The lowest BCUT2D eigenvalue weighted by atomic mass is 9.66. The van der Waals surface area contributed by atoms with Crippen molar-refractivity contribution in [2.75, 3.05) is 13.2 Å². The van der Waals surface area contributed by atoms with E-state index < -0.39 is 18.1 Å². The van der Waals surface area contributed by atoms with Gasteiger partial charge in [-0.05, 0) is 46.4 Å².